The molecule has 1 amide bonds. The number of carbonyl (C=O) groups excluding carboxylic acids is 1. The fourth-order valence-corrected chi connectivity index (χ4v) is 4.95. The van der Waals surface area contributed by atoms with E-state index in [0.717, 1.165) is 28.9 Å². The summed E-state index contributed by atoms with van der Waals surface area (Å²) in [4.78, 5) is 26.1. The van der Waals surface area contributed by atoms with E-state index in [1.54, 1.807) is 6.07 Å². The Morgan fingerprint density at radius 3 is 2.45 bits per heavy atom. The summed E-state index contributed by atoms with van der Waals surface area (Å²) in [5, 5.41) is 11.9. The number of hydrogen-bond donors (Lipinski definition) is 2. The highest BCUT2D eigenvalue weighted by Crippen LogP contribution is 2.54. The lowest BCUT2D eigenvalue weighted by Gasteiger charge is -2.24. The van der Waals surface area contributed by atoms with Gasteiger partial charge >= 0.3 is 18.3 Å². The maximum Gasteiger partial charge on any atom is 0.425 e. The number of amides is 1. The van der Waals surface area contributed by atoms with Gasteiger partial charge in [-0.2, -0.15) is 26.3 Å². The number of carboxylic acids is 1. The molecule has 0 aromatic heterocycles. The van der Waals surface area contributed by atoms with E-state index in [4.69, 9.17) is 5.11 Å². The van der Waals surface area contributed by atoms with E-state index < -0.39 is 47.2 Å². The van der Waals surface area contributed by atoms with Gasteiger partial charge in [0.1, 0.15) is 5.75 Å². The molecule has 0 bridgehead atoms. The second-order valence-corrected chi connectivity index (χ2v) is 9.73. The van der Waals surface area contributed by atoms with Gasteiger partial charge in [-0.3, -0.25) is 9.59 Å². The number of nitrogens with zero attached hydrogens (tertiary/aromatic N) is 1. The molecule has 0 saturated heterocycles. The topological polar surface area (TPSA) is 78.9 Å². The second kappa shape index (κ2) is 9.70. The van der Waals surface area contributed by atoms with Crippen molar-refractivity contribution in [2.24, 2.45) is 5.92 Å². The Balaban J connectivity index is 1.61. The van der Waals surface area contributed by atoms with Crippen LogP contribution in [0.3, 0.4) is 0 Å². The number of carboxylic acid groups (broad SMARTS) is 1. The second-order valence-electron chi connectivity index (χ2n) is 9.73. The van der Waals surface area contributed by atoms with Crippen LogP contribution in [0, 0.1) is 5.92 Å². The van der Waals surface area contributed by atoms with Gasteiger partial charge in [-0.05, 0) is 61.1 Å². The Hall–Kier alpha value is -3.44. The van der Waals surface area contributed by atoms with Crippen LogP contribution in [0.4, 0.5) is 32.0 Å². The summed E-state index contributed by atoms with van der Waals surface area (Å²) < 4.78 is 84.2. The van der Waals surface area contributed by atoms with Gasteiger partial charge in [0.2, 0.25) is 0 Å². The lowest BCUT2D eigenvalue weighted by atomic mass is 9.94. The monoisotopic (exact) mass is 544 g/mol. The Labute approximate surface area is 214 Å². The number of halogens is 6. The summed E-state index contributed by atoms with van der Waals surface area (Å²) in [6, 6.07) is 7.74. The van der Waals surface area contributed by atoms with Gasteiger partial charge in [-0.1, -0.05) is 19.1 Å². The fourth-order valence-electron chi connectivity index (χ4n) is 4.95. The third-order valence-corrected chi connectivity index (χ3v) is 7.16. The van der Waals surface area contributed by atoms with Crippen LogP contribution in [0.5, 0.6) is 5.75 Å². The van der Waals surface area contributed by atoms with E-state index in [-0.39, 0.29) is 17.9 Å². The number of fused-ring (bicyclic) bond motifs is 1. The average molecular weight is 544 g/mol. The number of rotatable bonds is 8. The predicted molar refractivity (Wildman–Crippen MR) is 125 cm³/mol. The molecule has 12 heteroatoms. The SMILES string of the molecule is CC(Oc1ccc(C(=O)NC2(c3cccc4c3CCN4CCC(=O)O)CC2C)cc1C(F)(F)F)C(F)(F)F. The van der Waals surface area contributed by atoms with Crippen molar-refractivity contribution >= 4 is 17.6 Å². The summed E-state index contributed by atoms with van der Waals surface area (Å²) >= 11 is 0. The molecule has 1 heterocycles. The molecule has 2 aromatic rings. The van der Waals surface area contributed by atoms with Crippen LogP contribution in [0.25, 0.3) is 0 Å². The molecule has 2 aromatic carbocycles. The first-order valence-electron chi connectivity index (χ1n) is 12.0. The number of aliphatic carboxylic acids is 1. The van der Waals surface area contributed by atoms with Crippen molar-refractivity contribution in [2.45, 2.75) is 57.1 Å². The molecule has 3 unspecified atom stereocenters. The molecule has 1 aliphatic heterocycles. The first-order chi connectivity index (χ1) is 17.6. The normalized spacial score (nSPS) is 21.6. The summed E-state index contributed by atoms with van der Waals surface area (Å²) in [7, 11) is 0. The third kappa shape index (κ3) is 5.39. The van der Waals surface area contributed by atoms with E-state index in [2.05, 4.69) is 10.1 Å². The minimum atomic E-state index is -5.05. The largest absolute Gasteiger partial charge is 0.481 e. The summed E-state index contributed by atoms with van der Waals surface area (Å²) in [5.74, 6) is -2.76. The van der Waals surface area contributed by atoms with Gasteiger partial charge in [-0.15, -0.1) is 0 Å². The molecular weight excluding hydrogens is 518 g/mol. The van der Waals surface area contributed by atoms with Crippen molar-refractivity contribution in [3.05, 3.63) is 58.7 Å². The van der Waals surface area contributed by atoms with E-state index in [1.807, 2.05) is 24.0 Å². The quantitative estimate of drug-likeness (QED) is 0.427. The maximum atomic E-state index is 13.7. The predicted octanol–water partition coefficient (Wildman–Crippen LogP) is 5.54. The van der Waals surface area contributed by atoms with Crippen LogP contribution in [-0.4, -0.2) is 42.4 Å². The Kier molecular flexibility index (Phi) is 7.04. The van der Waals surface area contributed by atoms with Crippen LogP contribution < -0.4 is 15.0 Å². The zero-order valence-electron chi connectivity index (χ0n) is 20.5. The van der Waals surface area contributed by atoms with Crippen molar-refractivity contribution < 1.29 is 45.8 Å². The molecular formula is C26H26F6N2O4. The lowest BCUT2D eigenvalue weighted by Crippen LogP contribution is -2.37. The van der Waals surface area contributed by atoms with E-state index >= 15 is 0 Å². The summed E-state index contributed by atoms with van der Waals surface area (Å²) in [5.41, 5.74) is -0.0423. The molecule has 38 heavy (non-hydrogen) atoms. The van der Waals surface area contributed by atoms with Gasteiger partial charge in [0, 0.05) is 24.3 Å². The standard InChI is InChI=1S/C26H26F6N2O4/c1-14-13-24(14,18-4-3-5-20-17(18)8-10-34(20)11-9-22(35)36)33-23(37)16-6-7-21(19(12-16)26(30,31)32)38-15(2)25(27,28)29/h3-7,12,14-15H,8-11,13H2,1-2H3,(H,33,37)(H,35,36). The number of anilines is 1. The van der Waals surface area contributed by atoms with Crippen molar-refractivity contribution in [1.82, 2.24) is 5.32 Å². The van der Waals surface area contributed by atoms with Gasteiger partial charge in [0.05, 0.1) is 17.5 Å². The van der Waals surface area contributed by atoms with E-state index in [1.165, 1.54) is 0 Å². The minimum Gasteiger partial charge on any atom is -0.481 e. The summed E-state index contributed by atoms with van der Waals surface area (Å²) in [6.07, 6.45) is -11.3. The molecule has 2 aliphatic rings. The maximum absolute atomic E-state index is 13.7. The first kappa shape index (κ1) is 27.6. The third-order valence-electron chi connectivity index (χ3n) is 7.16. The number of carbonyl (C=O) groups is 2. The smallest absolute Gasteiger partial charge is 0.425 e. The molecule has 1 aliphatic carbocycles. The molecule has 0 spiro atoms. The number of benzene rings is 2. The molecule has 2 N–H and O–H groups in total. The van der Waals surface area contributed by atoms with Gasteiger partial charge in [0.25, 0.3) is 5.91 Å². The lowest BCUT2D eigenvalue weighted by molar-refractivity contribution is -0.191. The number of nitrogens with one attached hydrogen (secondary N) is 1. The average Bonchev–Trinajstić information content (AvgIpc) is 3.27. The van der Waals surface area contributed by atoms with Crippen molar-refractivity contribution in [3.63, 3.8) is 0 Å². The van der Waals surface area contributed by atoms with Crippen LogP contribution in [0.2, 0.25) is 0 Å². The van der Waals surface area contributed by atoms with Crippen molar-refractivity contribution in [1.29, 1.82) is 0 Å². The Morgan fingerprint density at radius 1 is 1.18 bits per heavy atom. The first-order valence-corrected chi connectivity index (χ1v) is 12.0. The zero-order chi connectivity index (χ0) is 28.0. The summed E-state index contributed by atoms with van der Waals surface area (Å²) in [6.45, 7) is 3.42. The molecule has 206 valence electrons. The number of alkyl halides is 6. The zero-order valence-corrected chi connectivity index (χ0v) is 20.5. The molecule has 1 fully saturated rings. The van der Waals surface area contributed by atoms with Crippen molar-refractivity contribution in [2.75, 3.05) is 18.0 Å². The molecule has 6 nitrogen and oxygen atoms in total. The van der Waals surface area contributed by atoms with Crippen LogP contribution >= 0.6 is 0 Å². The highest BCUT2D eigenvalue weighted by molar-refractivity contribution is 5.95. The number of ether oxygens (including phenoxy) is 1. The molecule has 4 rings (SSSR count). The van der Waals surface area contributed by atoms with Crippen LogP contribution in [0.15, 0.2) is 36.4 Å². The van der Waals surface area contributed by atoms with E-state index in [9.17, 15) is 35.9 Å². The highest BCUT2D eigenvalue weighted by Gasteiger charge is 2.55. The Bertz CT molecular complexity index is 1250. The molecule has 1 saturated carbocycles. The highest BCUT2D eigenvalue weighted by atomic mass is 19.4. The molecule has 3 atom stereocenters. The van der Waals surface area contributed by atoms with Gasteiger partial charge in [-0.25, -0.2) is 0 Å². The minimum absolute atomic E-state index is 0.0247. The van der Waals surface area contributed by atoms with Crippen LogP contribution in [-0.2, 0) is 22.9 Å². The molecule has 0 radical (unpaired) electrons. The fraction of sp³-hybridized carbons (Fsp3) is 0.462. The van der Waals surface area contributed by atoms with E-state index in [0.29, 0.717) is 38.9 Å². The number of hydrogen-bond acceptors (Lipinski definition) is 4. The van der Waals surface area contributed by atoms with Gasteiger partial charge < -0.3 is 20.1 Å². The van der Waals surface area contributed by atoms with Crippen molar-refractivity contribution in [3.8, 4) is 5.75 Å². The van der Waals surface area contributed by atoms with Gasteiger partial charge in [0.15, 0.2) is 6.10 Å². The van der Waals surface area contributed by atoms with Crippen LogP contribution in [0.1, 0.15) is 53.7 Å². The Morgan fingerprint density at radius 2 is 1.87 bits per heavy atom.